The van der Waals surface area contributed by atoms with Crippen molar-refractivity contribution in [2.75, 3.05) is 19.7 Å². The van der Waals surface area contributed by atoms with Gasteiger partial charge in [0.25, 0.3) is 0 Å². The fraction of sp³-hybridized carbons (Fsp3) is 0.769. The molecule has 6 heteroatoms. The van der Waals surface area contributed by atoms with Crippen LogP contribution in [0.2, 0.25) is 0 Å². The first kappa shape index (κ1) is 13.8. The third-order valence-electron chi connectivity index (χ3n) is 3.51. The van der Waals surface area contributed by atoms with Crippen LogP contribution in [0.15, 0.2) is 0 Å². The van der Waals surface area contributed by atoms with Crippen molar-refractivity contribution >= 4 is 17.8 Å². The molecule has 2 rings (SSSR count). The number of esters is 1. The summed E-state index contributed by atoms with van der Waals surface area (Å²) in [5.41, 5.74) is 0. The molecule has 0 aromatic carbocycles. The summed E-state index contributed by atoms with van der Waals surface area (Å²) in [6.45, 7) is 3.04. The molecule has 0 spiro atoms. The fourth-order valence-electron chi connectivity index (χ4n) is 2.20. The van der Waals surface area contributed by atoms with Crippen LogP contribution < -0.4 is 5.32 Å². The molecule has 0 aromatic rings. The molecule has 0 atom stereocenters. The SMILES string of the molecule is CCOC(=O)C1CCN(C(=O)C(=O)NC2CC2)CC1. The van der Waals surface area contributed by atoms with Gasteiger partial charge in [0.2, 0.25) is 0 Å². The minimum atomic E-state index is -0.517. The average Bonchev–Trinajstić information content (AvgIpc) is 3.22. The number of hydrogen-bond donors (Lipinski definition) is 1. The quantitative estimate of drug-likeness (QED) is 0.580. The second-order valence-corrected chi connectivity index (χ2v) is 5.07. The van der Waals surface area contributed by atoms with Crippen molar-refractivity contribution in [3.8, 4) is 0 Å². The van der Waals surface area contributed by atoms with Gasteiger partial charge in [-0.1, -0.05) is 0 Å². The third-order valence-corrected chi connectivity index (χ3v) is 3.51. The van der Waals surface area contributed by atoms with Gasteiger partial charge in [-0.15, -0.1) is 0 Å². The number of rotatable bonds is 3. The fourth-order valence-corrected chi connectivity index (χ4v) is 2.20. The van der Waals surface area contributed by atoms with E-state index in [1.54, 1.807) is 6.92 Å². The number of likely N-dealkylation sites (tertiary alicyclic amines) is 1. The van der Waals surface area contributed by atoms with Crippen LogP contribution in [0.5, 0.6) is 0 Å². The van der Waals surface area contributed by atoms with Crippen LogP contribution >= 0.6 is 0 Å². The molecule has 0 aromatic heterocycles. The van der Waals surface area contributed by atoms with Crippen molar-refractivity contribution in [3.63, 3.8) is 0 Å². The Balaban J connectivity index is 1.77. The number of nitrogens with zero attached hydrogens (tertiary/aromatic N) is 1. The summed E-state index contributed by atoms with van der Waals surface area (Å²) in [6, 6.07) is 0.188. The van der Waals surface area contributed by atoms with E-state index in [1.165, 1.54) is 4.90 Å². The van der Waals surface area contributed by atoms with Gasteiger partial charge in [-0.3, -0.25) is 14.4 Å². The molecular formula is C13H20N2O4. The first-order chi connectivity index (χ1) is 9.11. The number of piperidine rings is 1. The Kier molecular flexibility index (Phi) is 4.39. The number of nitrogens with one attached hydrogen (secondary N) is 1. The molecule has 2 fully saturated rings. The summed E-state index contributed by atoms with van der Waals surface area (Å²) in [6.07, 6.45) is 3.07. The predicted octanol–water partition coefficient (Wildman–Crippen LogP) is 0.0667. The number of ether oxygens (including phenoxy) is 1. The summed E-state index contributed by atoms with van der Waals surface area (Å²) in [7, 11) is 0. The standard InChI is InChI=1S/C13H20N2O4/c1-2-19-13(18)9-5-7-15(8-6-9)12(17)11(16)14-10-3-4-10/h9-10H,2-8H2,1H3,(H,14,16). The van der Waals surface area contributed by atoms with E-state index in [0.29, 0.717) is 32.5 Å². The molecule has 19 heavy (non-hydrogen) atoms. The number of hydrogen-bond acceptors (Lipinski definition) is 4. The second kappa shape index (κ2) is 6.04. The Morgan fingerprint density at radius 1 is 1.16 bits per heavy atom. The molecule has 1 saturated carbocycles. The van der Waals surface area contributed by atoms with E-state index < -0.39 is 11.8 Å². The highest BCUT2D eigenvalue weighted by molar-refractivity contribution is 6.35. The van der Waals surface area contributed by atoms with Crippen LogP contribution in [0.4, 0.5) is 0 Å². The van der Waals surface area contributed by atoms with Crippen molar-refractivity contribution in [2.24, 2.45) is 5.92 Å². The normalized spacial score (nSPS) is 19.9. The molecule has 2 aliphatic rings. The predicted molar refractivity (Wildman–Crippen MR) is 67.1 cm³/mol. The minimum absolute atomic E-state index is 0.143. The van der Waals surface area contributed by atoms with E-state index in [9.17, 15) is 14.4 Å². The van der Waals surface area contributed by atoms with Gasteiger partial charge in [0.1, 0.15) is 0 Å². The van der Waals surface area contributed by atoms with Crippen molar-refractivity contribution < 1.29 is 19.1 Å². The number of amides is 2. The lowest BCUT2D eigenvalue weighted by Crippen LogP contribution is -2.47. The molecular weight excluding hydrogens is 248 g/mol. The van der Waals surface area contributed by atoms with Crippen LogP contribution in [0.3, 0.4) is 0 Å². The molecule has 1 aliphatic carbocycles. The third kappa shape index (κ3) is 3.68. The van der Waals surface area contributed by atoms with Crippen LogP contribution in [0, 0.1) is 5.92 Å². The van der Waals surface area contributed by atoms with Gasteiger partial charge >= 0.3 is 17.8 Å². The highest BCUT2D eigenvalue weighted by atomic mass is 16.5. The first-order valence-corrected chi connectivity index (χ1v) is 6.88. The smallest absolute Gasteiger partial charge is 0.311 e. The second-order valence-electron chi connectivity index (χ2n) is 5.07. The van der Waals surface area contributed by atoms with E-state index in [4.69, 9.17) is 4.74 Å². The highest BCUT2D eigenvalue weighted by Crippen LogP contribution is 2.20. The zero-order valence-electron chi connectivity index (χ0n) is 11.2. The molecule has 1 saturated heterocycles. The van der Waals surface area contributed by atoms with Crippen LogP contribution in [-0.2, 0) is 19.1 Å². The Labute approximate surface area is 112 Å². The van der Waals surface area contributed by atoms with Crippen molar-refractivity contribution in [3.05, 3.63) is 0 Å². The lowest BCUT2D eigenvalue weighted by atomic mass is 9.97. The van der Waals surface area contributed by atoms with Crippen LogP contribution in [0.25, 0.3) is 0 Å². The largest absolute Gasteiger partial charge is 0.466 e. The van der Waals surface area contributed by atoms with E-state index in [0.717, 1.165) is 12.8 Å². The van der Waals surface area contributed by atoms with Gasteiger partial charge in [-0.2, -0.15) is 0 Å². The summed E-state index contributed by atoms with van der Waals surface area (Å²) in [5, 5.41) is 2.68. The van der Waals surface area contributed by atoms with Crippen LogP contribution in [-0.4, -0.2) is 48.4 Å². The monoisotopic (exact) mass is 268 g/mol. The Morgan fingerprint density at radius 3 is 2.32 bits per heavy atom. The lowest BCUT2D eigenvalue weighted by molar-refractivity contribution is -0.152. The Hall–Kier alpha value is -1.59. The molecule has 1 aliphatic heterocycles. The van der Waals surface area contributed by atoms with Gasteiger partial charge in [0.05, 0.1) is 12.5 Å². The molecule has 1 heterocycles. The van der Waals surface area contributed by atoms with Crippen molar-refractivity contribution in [2.45, 2.75) is 38.6 Å². The molecule has 0 radical (unpaired) electrons. The average molecular weight is 268 g/mol. The van der Waals surface area contributed by atoms with E-state index in [-0.39, 0.29) is 17.9 Å². The minimum Gasteiger partial charge on any atom is -0.466 e. The number of carbonyl (C=O) groups excluding carboxylic acids is 3. The summed E-state index contributed by atoms with van der Waals surface area (Å²) < 4.78 is 4.96. The summed E-state index contributed by atoms with van der Waals surface area (Å²) in [4.78, 5) is 36.6. The van der Waals surface area contributed by atoms with Crippen molar-refractivity contribution in [1.29, 1.82) is 0 Å². The zero-order chi connectivity index (χ0) is 13.8. The maximum atomic E-state index is 11.9. The maximum Gasteiger partial charge on any atom is 0.311 e. The maximum absolute atomic E-state index is 11.9. The van der Waals surface area contributed by atoms with Crippen LogP contribution in [0.1, 0.15) is 32.6 Å². The first-order valence-electron chi connectivity index (χ1n) is 6.88. The molecule has 106 valence electrons. The molecule has 1 N–H and O–H groups in total. The topological polar surface area (TPSA) is 75.7 Å². The van der Waals surface area contributed by atoms with Gasteiger partial charge in [-0.05, 0) is 32.6 Å². The van der Waals surface area contributed by atoms with Gasteiger partial charge in [0.15, 0.2) is 0 Å². The van der Waals surface area contributed by atoms with Crippen molar-refractivity contribution in [1.82, 2.24) is 10.2 Å². The Morgan fingerprint density at radius 2 is 1.79 bits per heavy atom. The lowest BCUT2D eigenvalue weighted by Gasteiger charge is -2.30. The van der Waals surface area contributed by atoms with Gasteiger partial charge in [-0.25, -0.2) is 0 Å². The zero-order valence-corrected chi connectivity index (χ0v) is 11.2. The summed E-state index contributed by atoms with van der Waals surface area (Å²) in [5.74, 6) is -1.33. The van der Waals surface area contributed by atoms with E-state index in [2.05, 4.69) is 5.32 Å². The summed E-state index contributed by atoms with van der Waals surface area (Å²) >= 11 is 0. The highest BCUT2D eigenvalue weighted by Gasteiger charge is 2.33. The molecule has 0 unspecified atom stereocenters. The van der Waals surface area contributed by atoms with Gasteiger partial charge in [0, 0.05) is 19.1 Å². The molecule has 2 amide bonds. The van der Waals surface area contributed by atoms with E-state index >= 15 is 0 Å². The molecule has 6 nitrogen and oxygen atoms in total. The molecule has 0 bridgehead atoms. The Bertz CT molecular complexity index is 371. The van der Waals surface area contributed by atoms with Gasteiger partial charge < -0.3 is 15.0 Å². The van der Waals surface area contributed by atoms with E-state index in [1.807, 2.05) is 0 Å². The number of carbonyl (C=O) groups is 3.